The lowest BCUT2D eigenvalue weighted by atomic mass is 10.1. The Hall–Kier alpha value is -0.760. The van der Waals surface area contributed by atoms with Gasteiger partial charge >= 0.3 is 0 Å². The third-order valence-electron chi connectivity index (χ3n) is 3.00. The minimum absolute atomic E-state index is 0.00774. The second-order valence-corrected chi connectivity index (χ2v) is 5.46. The summed E-state index contributed by atoms with van der Waals surface area (Å²) in [5.74, 6) is -1.82. The number of amides is 1. The van der Waals surface area contributed by atoms with Crippen LogP contribution in [0.15, 0.2) is 12.1 Å². The van der Waals surface area contributed by atoms with Crippen molar-refractivity contribution >= 4 is 28.5 Å². The van der Waals surface area contributed by atoms with Crippen LogP contribution in [0.2, 0.25) is 0 Å². The molecular weight excluding hydrogens is 353 g/mol. The third-order valence-corrected chi connectivity index (χ3v) is 3.83. The smallest absolute Gasteiger partial charge is 0.257 e. The molecule has 0 bridgehead atoms. The highest BCUT2D eigenvalue weighted by Gasteiger charge is 2.26. The molecule has 0 aromatic heterocycles. The average Bonchev–Trinajstić information content (AvgIpc) is 2.33. The molecule has 3 nitrogen and oxygen atoms in total. The molecule has 0 unspecified atom stereocenters. The van der Waals surface area contributed by atoms with Gasteiger partial charge in [0, 0.05) is 35.3 Å². The maximum absolute atomic E-state index is 13.7. The van der Waals surface area contributed by atoms with Gasteiger partial charge in [-0.2, -0.15) is 0 Å². The van der Waals surface area contributed by atoms with Gasteiger partial charge in [-0.05, 0) is 35.6 Å². The van der Waals surface area contributed by atoms with Gasteiger partial charge < -0.3 is 10.2 Å². The van der Waals surface area contributed by atoms with E-state index in [1.54, 1.807) is 27.5 Å². The number of nitrogens with one attached hydrogen (secondary N) is 1. The second-order valence-electron chi connectivity index (χ2n) is 4.30. The van der Waals surface area contributed by atoms with Crippen LogP contribution in [0.5, 0.6) is 0 Å². The van der Waals surface area contributed by atoms with Crippen molar-refractivity contribution in [1.29, 1.82) is 0 Å². The summed E-state index contributed by atoms with van der Waals surface area (Å²) in [6, 6.07) is 2.04. The predicted molar refractivity (Wildman–Crippen MR) is 72.4 cm³/mol. The lowest BCUT2D eigenvalue weighted by Gasteiger charge is -2.34. The Bertz CT molecular complexity index is 481. The Labute approximate surface area is 118 Å². The molecule has 6 heteroatoms. The minimum atomic E-state index is -0.802. The van der Waals surface area contributed by atoms with E-state index in [0.29, 0.717) is 19.6 Å². The van der Waals surface area contributed by atoms with E-state index in [2.05, 4.69) is 5.32 Å². The Morgan fingerprint density at radius 3 is 2.83 bits per heavy atom. The molecule has 1 heterocycles. The van der Waals surface area contributed by atoms with Gasteiger partial charge in [0.25, 0.3) is 5.91 Å². The van der Waals surface area contributed by atoms with Gasteiger partial charge in [0.15, 0.2) is 0 Å². The molecule has 1 aromatic carbocycles. The van der Waals surface area contributed by atoms with Crippen LogP contribution in [0, 0.1) is 15.2 Å². The normalized spacial score (nSPS) is 20.0. The van der Waals surface area contributed by atoms with Crippen LogP contribution in [-0.4, -0.2) is 36.5 Å². The van der Waals surface area contributed by atoms with E-state index in [4.69, 9.17) is 0 Å². The topological polar surface area (TPSA) is 32.3 Å². The first-order valence-electron chi connectivity index (χ1n) is 5.67. The highest BCUT2D eigenvalue weighted by atomic mass is 127. The van der Waals surface area contributed by atoms with E-state index < -0.39 is 11.6 Å². The van der Waals surface area contributed by atoms with Crippen molar-refractivity contribution in [2.24, 2.45) is 0 Å². The quantitative estimate of drug-likeness (QED) is 0.609. The summed E-state index contributed by atoms with van der Waals surface area (Å²) in [6.45, 7) is 3.81. The lowest BCUT2D eigenvalue weighted by molar-refractivity contribution is 0.0651. The first kappa shape index (κ1) is 13.7. The van der Waals surface area contributed by atoms with Gasteiger partial charge in [0.05, 0.1) is 5.56 Å². The van der Waals surface area contributed by atoms with Gasteiger partial charge in [0.1, 0.15) is 11.6 Å². The average molecular weight is 366 g/mol. The number of hydrogen-bond acceptors (Lipinski definition) is 2. The van der Waals surface area contributed by atoms with E-state index in [9.17, 15) is 13.6 Å². The van der Waals surface area contributed by atoms with Crippen LogP contribution in [0.25, 0.3) is 0 Å². The van der Waals surface area contributed by atoms with Gasteiger partial charge in [-0.25, -0.2) is 8.78 Å². The van der Waals surface area contributed by atoms with Crippen molar-refractivity contribution in [1.82, 2.24) is 10.2 Å². The zero-order chi connectivity index (χ0) is 13.3. The highest BCUT2D eigenvalue weighted by molar-refractivity contribution is 14.1. The summed E-state index contributed by atoms with van der Waals surface area (Å²) in [7, 11) is 0. The summed E-state index contributed by atoms with van der Waals surface area (Å²) in [4.78, 5) is 13.8. The molecule has 0 aliphatic carbocycles. The number of carbonyl (C=O) groups is 1. The van der Waals surface area contributed by atoms with Crippen molar-refractivity contribution in [2.75, 3.05) is 19.6 Å². The molecule has 0 radical (unpaired) electrons. The highest BCUT2D eigenvalue weighted by Crippen LogP contribution is 2.19. The molecule has 1 atom stereocenters. The van der Waals surface area contributed by atoms with E-state index >= 15 is 0 Å². The number of rotatable bonds is 1. The molecule has 0 spiro atoms. The van der Waals surface area contributed by atoms with E-state index in [1.807, 2.05) is 6.92 Å². The molecule has 1 saturated heterocycles. The molecule has 1 amide bonds. The summed E-state index contributed by atoms with van der Waals surface area (Å²) in [5, 5.41) is 3.16. The predicted octanol–water partition coefficient (Wildman–Crippen LogP) is 2.00. The van der Waals surface area contributed by atoms with Gasteiger partial charge in [-0.1, -0.05) is 0 Å². The monoisotopic (exact) mass is 366 g/mol. The third kappa shape index (κ3) is 2.64. The Balaban J connectivity index is 2.30. The van der Waals surface area contributed by atoms with Crippen molar-refractivity contribution in [3.05, 3.63) is 32.9 Å². The molecule has 1 N–H and O–H groups in total. The zero-order valence-corrected chi connectivity index (χ0v) is 12.0. The van der Waals surface area contributed by atoms with Gasteiger partial charge in [-0.3, -0.25) is 4.79 Å². The van der Waals surface area contributed by atoms with Crippen molar-refractivity contribution < 1.29 is 13.6 Å². The largest absolute Gasteiger partial charge is 0.333 e. The number of halogens is 3. The summed E-state index contributed by atoms with van der Waals surface area (Å²) >= 11 is 1.75. The van der Waals surface area contributed by atoms with Crippen LogP contribution in [-0.2, 0) is 0 Å². The summed E-state index contributed by atoms with van der Waals surface area (Å²) in [5.41, 5.74) is -0.0606. The Kier molecular flexibility index (Phi) is 4.16. The Morgan fingerprint density at radius 1 is 1.44 bits per heavy atom. The van der Waals surface area contributed by atoms with Crippen LogP contribution < -0.4 is 5.32 Å². The maximum atomic E-state index is 13.7. The van der Waals surface area contributed by atoms with Crippen molar-refractivity contribution in [3.63, 3.8) is 0 Å². The summed E-state index contributed by atoms with van der Waals surface area (Å²) < 4.78 is 27.1. The Morgan fingerprint density at radius 2 is 2.17 bits per heavy atom. The van der Waals surface area contributed by atoms with Crippen molar-refractivity contribution in [3.8, 4) is 0 Å². The van der Waals surface area contributed by atoms with Crippen LogP contribution in [0.4, 0.5) is 8.78 Å². The standard InChI is InChI=1S/C12H13F2IN2O/c1-7-6-16-2-3-17(7)12(18)8-4-11(15)10(14)5-9(8)13/h4-5,7,16H,2-3,6H2,1H3/t7-/m1/s1. The molecule has 2 rings (SSSR count). The lowest BCUT2D eigenvalue weighted by Crippen LogP contribution is -2.52. The molecule has 98 valence electrons. The molecule has 1 aromatic rings. The van der Waals surface area contributed by atoms with Crippen LogP contribution >= 0.6 is 22.6 Å². The fraction of sp³-hybridized carbons (Fsp3) is 0.417. The van der Waals surface area contributed by atoms with Gasteiger partial charge in [0.2, 0.25) is 0 Å². The fourth-order valence-electron chi connectivity index (χ4n) is 1.98. The van der Waals surface area contributed by atoms with E-state index in [-0.39, 0.29) is 21.1 Å². The van der Waals surface area contributed by atoms with Gasteiger partial charge in [-0.15, -0.1) is 0 Å². The summed E-state index contributed by atoms with van der Waals surface area (Å²) in [6.07, 6.45) is 0. The van der Waals surface area contributed by atoms with E-state index in [0.717, 1.165) is 6.07 Å². The molecule has 0 saturated carbocycles. The first-order chi connectivity index (χ1) is 8.50. The number of carbonyl (C=O) groups excluding carboxylic acids is 1. The van der Waals surface area contributed by atoms with Crippen molar-refractivity contribution in [2.45, 2.75) is 13.0 Å². The molecule has 1 aliphatic heterocycles. The SMILES string of the molecule is C[C@@H]1CNCCN1C(=O)c1cc(I)c(F)cc1F. The molecule has 1 fully saturated rings. The number of hydrogen-bond donors (Lipinski definition) is 1. The minimum Gasteiger partial charge on any atom is -0.333 e. The number of nitrogens with zero attached hydrogens (tertiary/aromatic N) is 1. The number of benzene rings is 1. The van der Waals surface area contributed by atoms with Crippen LogP contribution in [0.1, 0.15) is 17.3 Å². The molecule has 1 aliphatic rings. The molecule has 18 heavy (non-hydrogen) atoms. The fourth-order valence-corrected chi connectivity index (χ4v) is 2.45. The zero-order valence-electron chi connectivity index (χ0n) is 9.84. The second kappa shape index (κ2) is 5.48. The number of piperazine rings is 1. The molecular formula is C12H13F2IN2O. The maximum Gasteiger partial charge on any atom is 0.257 e. The van der Waals surface area contributed by atoms with E-state index in [1.165, 1.54) is 6.07 Å². The van der Waals surface area contributed by atoms with Crippen LogP contribution in [0.3, 0.4) is 0 Å². The first-order valence-corrected chi connectivity index (χ1v) is 6.75.